The van der Waals surface area contributed by atoms with Crippen molar-refractivity contribution in [3.05, 3.63) is 23.8 Å². The molecule has 0 aromatic heterocycles. The zero-order valence-electron chi connectivity index (χ0n) is 13.3. The zero-order chi connectivity index (χ0) is 16.1. The highest BCUT2D eigenvalue weighted by Crippen LogP contribution is 2.32. The lowest BCUT2D eigenvalue weighted by Gasteiger charge is -2.29. The largest absolute Gasteiger partial charge is 0.454 e. The molecular formula is C17H22N2O4. The first-order valence-electron chi connectivity index (χ1n) is 8.07. The molecule has 2 atom stereocenters. The van der Waals surface area contributed by atoms with E-state index in [4.69, 9.17) is 14.3 Å². The van der Waals surface area contributed by atoms with E-state index in [1.165, 1.54) is 19.3 Å². The van der Waals surface area contributed by atoms with Crippen molar-refractivity contribution in [1.82, 2.24) is 5.32 Å². The smallest absolute Gasteiger partial charge is 0.261 e. The van der Waals surface area contributed by atoms with Gasteiger partial charge < -0.3 is 19.6 Å². The molecule has 1 aromatic carbocycles. The Labute approximate surface area is 135 Å². The van der Waals surface area contributed by atoms with Crippen LogP contribution in [-0.4, -0.2) is 31.6 Å². The summed E-state index contributed by atoms with van der Waals surface area (Å²) in [7, 11) is 0. The Morgan fingerprint density at radius 3 is 3.04 bits per heavy atom. The summed E-state index contributed by atoms with van der Waals surface area (Å²) in [5, 5.41) is 6.86. The Morgan fingerprint density at radius 2 is 2.17 bits per heavy atom. The third kappa shape index (κ3) is 4.15. The van der Waals surface area contributed by atoms with Crippen LogP contribution >= 0.6 is 0 Å². The lowest BCUT2D eigenvalue weighted by molar-refractivity contribution is -0.126. The van der Waals surface area contributed by atoms with E-state index in [-0.39, 0.29) is 25.3 Å². The van der Waals surface area contributed by atoms with Crippen LogP contribution in [0.5, 0.6) is 11.5 Å². The van der Waals surface area contributed by atoms with Gasteiger partial charge in [-0.2, -0.15) is 0 Å². The Hall–Kier alpha value is -2.24. The molecule has 0 radical (unpaired) electrons. The number of carbonyl (C=O) groups is 1. The van der Waals surface area contributed by atoms with Gasteiger partial charge in [0.25, 0.3) is 5.91 Å². The summed E-state index contributed by atoms with van der Waals surface area (Å²) in [4.78, 5) is 17.0. The fourth-order valence-corrected chi connectivity index (χ4v) is 2.97. The molecule has 2 aliphatic rings. The van der Waals surface area contributed by atoms with Crippen LogP contribution in [0, 0.1) is 5.92 Å². The number of nitrogens with one attached hydrogen (secondary N) is 1. The lowest BCUT2D eigenvalue weighted by Crippen LogP contribution is -2.42. The second-order valence-corrected chi connectivity index (χ2v) is 6.06. The molecule has 6 heteroatoms. The number of oxime groups is 1. The summed E-state index contributed by atoms with van der Waals surface area (Å²) in [6.45, 7) is 2.36. The van der Waals surface area contributed by atoms with Crippen LogP contribution < -0.4 is 14.8 Å². The number of benzene rings is 1. The summed E-state index contributed by atoms with van der Waals surface area (Å²) >= 11 is 0. The normalized spacial score (nSPS) is 23.0. The second-order valence-electron chi connectivity index (χ2n) is 6.06. The summed E-state index contributed by atoms with van der Waals surface area (Å²) in [6.07, 6.45) is 6.21. The molecule has 0 spiro atoms. The molecule has 1 fully saturated rings. The van der Waals surface area contributed by atoms with Crippen molar-refractivity contribution in [3.8, 4) is 11.5 Å². The fourth-order valence-electron chi connectivity index (χ4n) is 2.97. The predicted molar refractivity (Wildman–Crippen MR) is 85.7 cm³/mol. The molecule has 1 saturated carbocycles. The van der Waals surface area contributed by atoms with Gasteiger partial charge in [0.1, 0.15) is 0 Å². The maximum atomic E-state index is 11.9. The molecule has 1 amide bonds. The topological polar surface area (TPSA) is 69.2 Å². The van der Waals surface area contributed by atoms with Gasteiger partial charge in [-0.25, -0.2) is 0 Å². The van der Waals surface area contributed by atoms with Crippen LogP contribution in [0.3, 0.4) is 0 Å². The molecule has 0 unspecified atom stereocenters. The number of amides is 1. The van der Waals surface area contributed by atoms with Crippen LogP contribution in [0.25, 0.3) is 0 Å². The lowest BCUT2D eigenvalue weighted by atomic mass is 9.86. The SMILES string of the molecule is C[C@H]1CCCC[C@H]1NC(=O)CO/N=C\c1ccc2c(c1)OCO2. The molecule has 6 nitrogen and oxygen atoms in total. The zero-order valence-corrected chi connectivity index (χ0v) is 13.3. The van der Waals surface area contributed by atoms with Gasteiger partial charge in [-0.3, -0.25) is 4.79 Å². The van der Waals surface area contributed by atoms with Crippen molar-refractivity contribution in [2.75, 3.05) is 13.4 Å². The van der Waals surface area contributed by atoms with E-state index in [0.29, 0.717) is 11.7 Å². The minimum atomic E-state index is -0.119. The van der Waals surface area contributed by atoms with Gasteiger partial charge in [0.2, 0.25) is 6.79 Å². The summed E-state index contributed by atoms with van der Waals surface area (Å²) in [6, 6.07) is 5.75. The molecule has 1 aromatic rings. The number of nitrogens with zero attached hydrogens (tertiary/aromatic N) is 1. The van der Waals surface area contributed by atoms with Gasteiger partial charge in [0.05, 0.1) is 6.21 Å². The van der Waals surface area contributed by atoms with E-state index in [1.54, 1.807) is 6.21 Å². The summed E-state index contributed by atoms with van der Waals surface area (Å²) in [5.74, 6) is 1.83. The van der Waals surface area contributed by atoms with Crippen LogP contribution in [0.4, 0.5) is 0 Å². The third-order valence-corrected chi connectivity index (χ3v) is 4.33. The quantitative estimate of drug-likeness (QED) is 0.669. The second kappa shape index (κ2) is 7.35. The van der Waals surface area contributed by atoms with E-state index in [9.17, 15) is 4.79 Å². The minimum absolute atomic E-state index is 0.0652. The molecule has 1 aliphatic heterocycles. The van der Waals surface area contributed by atoms with E-state index < -0.39 is 0 Å². The number of hydrogen-bond acceptors (Lipinski definition) is 5. The molecule has 1 N–H and O–H groups in total. The highest BCUT2D eigenvalue weighted by atomic mass is 16.7. The summed E-state index contributed by atoms with van der Waals surface area (Å²) < 4.78 is 10.5. The summed E-state index contributed by atoms with van der Waals surface area (Å²) in [5.41, 5.74) is 0.829. The van der Waals surface area contributed by atoms with Gasteiger partial charge in [0.15, 0.2) is 18.1 Å². The molecule has 1 heterocycles. The highest BCUT2D eigenvalue weighted by Gasteiger charge is 2.22. The van der Waals surface area contributed by atoms with Crippen molar-refractivity contribution in [2.45, 2.75) is 38.6 Å². The van der Waals surface area contributed by atoms with E-state index >= 15 is 0 Å². The molecule has 0 bridgehead atoms. The number of carbonyl (C=O) groups excluding carboxylic acids is 1. The average molecular weight is 318 g/mol. The van der Waals surface area contributed by atoms with Crippen LogP contribution in [0.2, 0.25) is 0 Å². The van der Waals surface area contributed by atoms with Crippen molar-refractivity contribution >= 4 is 12.1 Å². The first-order chi connectivity index (χ1) is 11.2. The first-order valence-corrected chi connectivity index (χ1v) is 8.07. The third-order valence-electron chi connectivity index (χ3n) is 4.33. The number of fused-ring (bicyclic) bond motifs is 1. The van der Waals surface area contributed by atoms with Gasteiger partial charge >= 0.3 is 0 Å². The Bertz CT molecular complexity index is 588. The van der Waals surface area contributed by atoms with Gasteiger partial charge in [-0.1, -0.05) is 24.9 Å². The monoisotopic (exact) mass is 318 g/mol. The maximum absolute atomic E-state index is 11.9. The first kappa shape index (κ1) is 15.6. The van der Waals surface area contributed by atoms with Gasteiger partial charge in [-0.05, 0) is 37.0 Å². The Kier molecular flexibility index (Phi) is 5.00. The standard InChI is InChI=1S/C17H22N2O4/c1-12-4-2-3-5-14(12)19-17(20)10-23-18-9-13-6-7-15-16(8-13)22-11-21-15/h6-9,12,14H,2-5,10-11H2,1H3,(H,19,20)/b18-9-/t12-,14+/m0/s1. The maximum Gasteiger partial charge on any atom is 0.261 e. The van der Waals surface area contributed by atoms with Gasteiger partial charge in [-0.15, -0.1) is 0 Å². The van der Waals surface area contributed by atoms with E-state index in [0.717, 1.165) is 17.7 Å². The van der Waals surface area contributed by atoms with Crippen molar-refractivity contribution in [1.29, 1.82) is 0 Å². The van der Waals surface area contributed by atoms with Crippen molar-refractivity contribution in [2.24, 2.45) is 11.1 Å². The van der Waals surface area contributed by atoms with Crippen LogP contribution in [0.15, 0.2) is 23.4 Å². The molecule has 23 heavy (non-hydrogen) atoms. The van der Waals surface area contributed by atoms with E-state index in [2.05, 4.69) is 17.4 Å². The number of rotatable bonds is 5. The van der Waals surface area contributed by atoms with Gasteiger partial charge in [0, 0.05) is 11.6 Å². The Balaban J connectivity index is 1.42. The van der Waals surface area contributed by atoms with Crippen molar-refractivity contribution < 1.29 is 19.1 Å². The van der Waals surface area contributed by atoms with E-state index in [1.807, 2.05) is 18.2 Å². The minimum Gasteiger partial charge on any atom is -0.454 e. The molecule has 124 valence electrons. The number of hydrogen-bond donors (Lipinski definition) is 1. The molecule has 1 aliphatic carbocycles. The molecule has 0 saturated heterocycles. The molecule has 3 rings (SSSR count). The Morgan fingerprint density at radius 1 is 1.35 bits per heavy atom. The average Bonchev–Trinajstić information content (AvgIpc) is 3.01. The van der Waals surface area contributed by atoms with Crippen LogP contribution in [-0.2, 0) is 9.63 Å². The predicted octanol–water partition coefficient (Wildman–Crippen LogP) is 2.46. The fraction of sp³-hybridized carbons (Fsp3) is 0.529. The number of ether oxygens (including phenoxy) is 2. The van der Waals surface area contributed by atoms with Crippen LogP contribution in [0.1, 0.15) is 38.2 Å². The highest BCUT2D eigenvalue weighted by molar-refractivity contribution is 5.81. The molecular weight excluding hydrogens is 296 g/mol. The van der Waals surface area contributed by atoms with Crippen molar-refractivity contribution in [3.63, 3.8) is 0 Å².